The number of hydrogen-bond acceptors (Lipinski definition) is 5. The van der Waals surface area contributed by atoms with E-state index in [1.54, 1.807) is 11.8 Å². The minimum absolute atomic E-state index is 0.0216. The summed E-state index contributed by atoms with van der Waals surface area (Å²) in [5.41, 5.74) is 0. The van der Waals surface area contributed by atoms with E-state index < -0.39 is 0 Å². The highest BCUT2D eigenvalue weighted by Gasteiger charge is 2.34. The second-order valence-corrected chi connectivity index (χ2v) is 7.49. The van der Waals surface area contributed by atoms with Crippen LogP contribution in [0.3, 0.4) is 0 Å². The van der Waals surface area contributed by atoms with Crippen molar-refractivity contribution in [3.63, 3.8) is 0 Å². The molecule has 0 aromatic heterocycles. The third kappa shape index (κ3) is 5.37. The van der Waals surface area contributed by atoms with Crippen LogP contribution in [0.25, 0.3) is 0 Å². The van der Waals surface area contributed by atoms with Gasteiger partial charge in [0.25, 0.3) is 0 Å². The Labute approximate surface area is 152 Å². The molecule has 1 aromatic carbocycles. The van der Waals surface area contributed by atoms with Crippen LogP contribution >= 0.6 is 11.8 Å². The van der Waals surface area contributed by atoms with Crippen LogP contribution < -0.4 is 15.4 Å². The molecule has 1 aromatic rings. The summed E-state index contributed by atoms with van der Waals surface area (Å²) in [6.45, 7) is 2.51. The van der Waals surface area contributed by atoms with Gasteiger partial charge >= 0.3 is 0 Å². The largest absolute Gasteiger partial charge is 0.492 e. The number of nitrogens with zero attached hydrogens (tertiary/aromatic N) is 1. The van der Waals surface area contributed by atoms with Gasteiger partial charge in [0.1, 0.15) is 12.4 Å². The minimum atomic E-state index is -0.127. The van der Waals surface area contributed by atoms with E-state index in [4.69, 9.17) is 4.74 Å². The van der Waals surface area contributed by atoms with Gasteiger partial charge in [-0.25, -0.2) is 0 Å². The van der Waals surface area contributed by atoms with Crippen molar-refractivity contribution >= 4 is 23.6 Å². The molecule has 0 radical (unpaired) electrons. The average Bonchev–Trinajstić information content (AvgIpc) is 3.31. The highest BCUT2D eigenvalue weighted by molar-refractivity contribution is 7.99. The summed E-state index contributed by atoms with van der Waals surface area (Å²) in [6, 6.07) is 9.42. The van der Waals surface area contributed by atoms with Crippen molar-refractivity contribution in [2.24, 2.45) is 5.92 Å². The molecule has 7 heteroatoms. The van der Waals surface area contributed by atoms with Gasteiger partial charge in [0.05, 0.1) is 18.5 Å². The Morgan fingerprint density at radius 2 is 2.16 bits per heavy atom. The number of ether oxygens (including phenoxy) is 1. The lowest BCUT2D eigenvalue weighted by molar-refractivity contribution is -0.131. The standard InChI is InChI=1S/C18H25N3O3S/c22-17(19-6-8-24-15-4-2-1-3-5-15)11-14-10-16(20-12-14)18(23)21-7-9-25-13-21/h1-5,14,16,20H,6-13H2,(H,19,22). The molecule has 2 heterocycles. The van der Waals surface area contributed by atoms with Crippen LogP contribution in [0.2, 0.25) is 0 Å². The zero-order valence-electron chi connectivity index (χ0n) is 14.3. The van der Waals surface area contributed by atoms with Gasteiger partial charge in [-0.2, -0.15) is 0 Å². The lowest BCUT2D eigenvalue weighted by atomic mass is 10.0. The van der Waals surface area contributed by atoms with E-state index in [1.807, 2.05) is 35.2 Å². The highest BCUT2D eigenvalue weighted by atomic mass is 32.2. The number of thioether (sulfide) groups is 1. The first-order chi connectivity index (χ1) is 12.2. The van der Waals surface area contributed by atoms with Crippen LogP contribution in [-0.4, -0.2) is 60.6 Å². The molecule has 2 unspecified atom stereocenters. The molecule has 25 heavy (non-hydrogen) atoms. The quantitative estimate of drug-likeness (QED) is 0.710. The normalized spacial score (nSPS) is 22.8. The predicted molar refractivity (Wildman–Crippen MR) is 98.5 cm³/mol. The van der Waals surface area contributed by atoms with E-state index in [9.17, 15) is 9.59 Å². The summed E-state index contributed by atoms with van der Waals surface area (Å²) in [7, 11) is 0. The number of hydrogen-bond donors (Lipinski definition) is 2. The number of para-hydroxylation sites is 1. The Hall–Kier alpha value is -1.73. The van der Waals surface area contributed by atoms with Crippen molar-refractivity contribution in [1.29, 1.82) is 0 Å². The van der Waals surface area contributed by atoms with E-state index in [-0.39, 0.29) is 23.8 Å². The summed E-state index contributed by atoms with van der Waals surface area (Å²) in [5.74, 6) is 3.05. The van der Waals surface area contributed by atoms with Gasteiger partial charge in [-0.15, -0.1) is 11.8 Å². The maximum Gasteiger partial charge on any atom is 0.240 e. The molecular formula is C18H25N3O3S. The number of rotatable bonds is 7. The minimum Gasteiger partial charge on any atom is -0.492 e. The number of nitrogens with one attached hydrogen (secondary N) is 2. The average molecular weight is 363 g/mol. The van der Waals surface area contributed by atoms with E-state index in [2.05, 4.69) is 10.6 Å². The fourth-order valence-electron chi connectivity index (χ4n) is 3.17. The molecule has 3 rings (SSSR count). The first kappa shape index (κ1) is 18.1. The Bertz CT molecular complexity index is 578. The first-order valence-electron chi connectivity index (χ1n) is 8.77. The van der Waals surface area contributed by atoms with E-state index >= 15 is 0 Å². The van der Waals surface area contributed by atoms with Gasteiger partial charge in [-0.05, 0) is 31.0 Å². The predicted octanol–water partition coefficient (Wildman–Crippen LogP) is 1.08. The smallest absolute Gasteiger partial charge is 0.240 e. The Morgan fingerprint density at radius 1 is 1.32 bits per heavy atom. The molecular weight excluding hydrogens is 338 g/mol. The molecule has 6 nitrogen and oxygen atoms in total. The van der Waals surface area contributed by atoms with Gasteiger partial charge in [0, 0.05) is 18.7 Å². The van der Waals surface area contributed by atoms with Crippen LogP contribution in [-0.2, 0) is 9.59 Å². The van der Waals surface area contributed by atoms with Crippen LogP contribution in [0.15, 0.2) is 30.3 Å². The van der Waals surface area contributed by atoms with Gasteiger partial charge in [-0.1, -0.05) is 18.2 Å². The zero-order chi connectivity index (χ0) is 17.5. The molecule has 2 fully saturated rings. The van der Waals surface area contributed by atoms with E-state index in [0.717, 1.165) is 36.9 Å². The SMILES string of the molecule is O=C(CC1CNC(C(=O)N2CCSC2)C1)NCCOc1ccccc1. The fourth-order valence-corrected chi connectivity index (χ4v) is 4.13. The molecule has 0 bridgehead atoms. The maximum absolute atomic E-state index is 12.4. The van der Waals surface area contributed by atoms with Gasteiger partial charge in [0.15, 0.2) is 0 Å². The third-order valence-electron chi connectivity index (χ3n) is 4.49. The molecule has 0 saturated carbocycles. The second-order valence-electron chi connectivity index (χ2n) is 6.42. The van der Waals surface area contributed by atoms with Gasteiger partial charge in [-0.3, -0.25) is 9.59 Å². The Morgan fingerprint density at radius 3 is 2.92 bits per heavy atom. The lowest BCUT2D eigenvalue weighted by Gasteiger charge is -2.19. The highest BCUT2D eigenvalue weighted by Crippen LogP contribution is 2.22. The van der Waals surface area contributed by atoms with E-state index in [1.165, 1.54) is 0 Å². The number of carbonyl (C=O) groups excluding carboxylic acids is 2. The van der Waals surface area contributed by atoms with Crippen molar-refractivity contribution in [2.75, 3.05) is 37.9 Å². The molecule has 2 atom stereocenters. The van der Waals surface area contributed by atoms with Crippen LogP contribution in [0, 0.1) is 5.92 Å². The van der Waals surface area contributed by atoms with Crippen LogP contribution in [0.1, 0.15) is 12.8 Å². The summed E-state index contributed by atoms with van der Waals surface area (Å²) in [6.07, 6.45) is 1.20. The summed E-state index contributed by atoms with van der Waals surface area (Å²) in [4.78, 5) is 26.3. The molecule has 2 N–H and O–H groups in total. The summed E-state index contributed by atoms with van der Waals surface area (Å²) in [5, 5.41) is 6.16. The Balaban J connectivity index is 1.31. The third-order valence-corrected chi connectivity index (χ3v) is 5.46. The van der Waals surface area contributed by atoms with Gasteiger partial charge < -0.3 is 20.3 Å². The fraction of sp³-hybridized carbons (Fsp3) is 0.556. The van der Waals surface area contributed by atoms with Crippen molar-refractivity contribution in [3.05, 3.63) is 30.3 Å². The second kappa shape index (κ2) is 9.10. The van der Waals surface area contributed by atoms with Gasteiger partial charge in [0.2, 0.25) is 11.8 Å². The first-order valence-corrected chi connectivity index (χ1v) is 9.92. The van der Waals surface area contributed by atoms with Crippen LogP contribution in [0.4, 0.5) is 0 Å². The number of carbonyl (C=O) groups is 2. The molecule has 0 aliphatic carbocycles. The topological polar surface area (TPSA) is 70.7 Å². The van der Waals surface area contributed by atoms with Crippen molar-refractivity contribution < 1.29 is 14.3 Å². The molecule has 2 saturated heterocycles. The molecule has 0 spiro atoms. The number of amides is 2. The van der Waals surface area contributed by atoms with Crippen molar-refractivity contribution in [1.82, 2.24) is 15.5 Å². The maximum atomic E-state index is 12.4. The summed E-state index contributed by atoms with van der Waals surface area (Å²) < 4.78 is 5.55. The molecule has 2 aliphatic heterocycles. The monoisotopic (exact) mass is 363 g/mol. The lowest BCUT2D eigenvalue weighted by Crippen LogP contribution is -2.42. The number of benzene rings is 1. The molecule has 2 amide bonds. The molecule has 2 aliphatic rings. The van der Waals surface area contributed by atoms with Crippen molar-refractivity contribution in [2.45, 2.75) is 18.9 Å². The van der Waals surface area contributed by atoms with E-state index in [0.29, 0.717) is 19.6 Å². The van der Waals surface area contributed by atoms with Crippen molar-refractivity contribution in [3.8, 4) is 5.75 Å². The molecule has 136 valence electrons. The zero-order valence-corrected chi connectivity index (χ0v) is 15.1. The summed E-state index contributed by atoms with van der Waals surface area (Å²) >= 11 is 1.79. The Kier molecular flexibility index (Phi) is 6.58. The van der Waals surface area contributed by atoms with Crippen LogP contribution in [0.5, 0.6) is 5.75 Å².